The number of nitrogens with zero attached hydrogens (tertiary/aromatic N) is 4. The molecule has 160 valence electrons. The van der Waals surface area contributed by atoms with Gasteiger partial charge < -0.3 is 19.9 Å². The number of anilines is 2. The molecule has 0 radical (unpaired) electrons. The van der Waals surface area contributed by atoms with E-state index in [1.54, 1.807) is 4.90 Å². The van der Waals surface area contributed by atoms with E-state index in [-0.39, 0.29) is 6.03 Å². The predicted molar refractivity (Wildman–Crippen MR) is 123 cm³/mol. The zero-order valence-corrected chi connectivity index (χ0v) is 18.0. The van der Waals surface area contributed by atoms with Crippen LogP contribution >= 0.6 is 11.6 Å². The number of carbonyl (C=O) groups is 1. The van der Waals surface area contributed by atoms with Crippen molar-refractivity contribution >= 4 is 29.1 Å². The molecule has 0 unspecified atom stereocenters. The van der Waals surface area contributed by atoms with Crippen LogP contribution in [0, 0.1) is 0 Å². The van der Waals surface area contributed by atoms with Crippen LogP contribution < -0.4 is 15.0 Å². The second-order valence-electron chi connectivity index (χ2n) is 7.09. The lowest BCUT2D eigenvalue weighted by atomic mass is 10.1. The van der Waals surface area contributed by atoms with Gasteiger partial charge in [-0.3, -0.25) is 0 Å². The number of hydrogen-bond acceptors (Lipinski definition) is 5. The summed E-state index contributed by atoms with van der Waals surface area (Å²) < 4.78 is 5.58. The zero-order valence-electron chi connectivity index (χ0n) is 17.3. The molecule has 0 aliphatic carbocycles. The fourth-order valence-electron chi connectivity index (χ4n) is 3.49. The number of benzene rings is 2. The fourth-order valence-corrected chi connectivity index (χ4v) is 3.72. The Morgan fingerprint density at radius 3 is 2.45 bits per heavy atom. The van der Waals surface area contributed by atoms with Gasteiger partial charge in [0.15, 0.2) is 5.82 Å². The summed E-state index contributed by atoms with van der Waals surface area (Å²) in [5.74, 6) is 1.46. The fraction of sp³-hybridized carbons (Fsp3) is 0.261. The Hall–Kier alpha value is -3.32. The molecule has 1 aliphatic rings. The largest absolute Gasteiger partial charge is 0.492 e. The molecule has 1 aromatic heterocycles. The second kappa shape index (κ2) is 9.66. The van der Waals surface area contributed by atoms with Crippen LogP contribution in [0.1, 0.15) is 6.92 Å². The smallest absolute Gasteiger partial charge is 0.322 e. The van der Waals surface area contributed by atoms with E-state index >= 15 is 0 Å². The van der Waals surface area contributed by atoms with Gasteiger partial charge in [0, 0.05) is 31.7 Å². The summed E-state index contributed by atoms with van der Waals surface area (Å²) in [4.78, 5) is 16.6. The van der Waals surface area contributed by atoms with Gasteiger partial charge in [0.25, 0.3) is 0 Å². The van der Waals surface area contributed by atoms with Gasteiger partial charge in [0.1, 0.15) is 5.75 Å². The van der Waals surface area contributed by atoms with Crippen molar-refractivity contribution in [2.75, 3.05) is 43.0 Å². The number of amides is 2. The van der Waals surface area contributed by atoms with Crippen LogP contribution in [0.2, 0.25) is 5.02 Å². The van der Waals surface area contributed by atoms with Crippen LogP contribution in [0.4, 0.5) is 16.3 Å². The van der Waals surface area contributed by atoms with Gasteiger partial charge in [-0.1, -0.05) is 41.9 Å². The van der Waals surface area contributed by atoms with Crippen LogP contribution in [0.25, 0.3) is 11.3 Å². The molecule has 0 atom stereocenters. The number of carbonyl (C=O) groups excluding carboxylic acids is 1. The molecule has 2 amide bonds. The number of nitrogens with one attached hydrogen (secondary N) is 1. The first-order valence-corrected chi connectivity index (χ1v) is 10.6. The molecule has 2 heterocycles. The molecule has 31 heavy (non-hydrogen) atoms. The monoisotopic (exact) mass is 437 g/mol. The van der Waals surface area contributed by atoms with Crippen LogP contribution in [0.15, 0.2) is 60.7 Å². The maximum Gasteiger partial charge on any atom is 0.322 e. The number of hydrogen-bond donors (Lipinski definition) is 1. The number of rotatable bonds is 5. The summed E-state index contributed by atoms with van der Waals surface area (Å²) in [6, 6.07) is 18.8. The molecule has 1 saturated heterocycles. The summed E-state index contributed by atoms with van der Waals surface area (Å²) in [7, 11) is 0. The van der Waals surface area contributed by atoms with Crippen molar-refractivity contribution in [3.8, 4) is 17.0 Å². The highest BCUT2D eigenvalue weighted by Crippen LogP contribution is 2.27. The van der Waals surface area contributed by atoms with Crippen molar-refractivity contribution in [3.05, 3.63) is 65.7 Å². The highest BCUT2D eigenvalue weighted by molar-refractivity contribution is 6.33. The Morgan fingerprint density at radius 2 is 1.74 bits per heavy atom. The van der Waals surface area contributed by atoms with Crippen LogP contribution in [0.3, 0.4) is 0 Å². The molecule has 4 rings (SSSR count). The van der Waals surface area contributed by atoms with E-state index in [9.17, 15) is 4.79 Å². The number of aromatic nitrogens is 2. The van der Waals surface area contributed by atoms with E-state index in [0.29, 0.717) is 49.2 Å². The Balaban J connectivity index is 1.35. The highest BCUT2D eigenvalue weighted by Gasteiger charge is 2.23. The van der Waals surface area contributed by atoms with Gasteiger partial charge in [-0.2, -0.15) is 0 Å². The molecule has 3 aromatic rings. The van der Waals surface area contributed by atoms with Crippen molar-refractivity contribution in [2.24, 2.45) is 0 Å². The number of urea groups is 1. The molecule has 1 aliphatic heterocycles. The van der Waals surface area contributed by atoms with E-state index in [4.69, 9.17) is 16.3 Å². The summed E-state index contributed by atoms with van der Waals surface area (Å²) in [5.41, 5.74) is 2.27. The third kappa shape index (κ3) is 4.88. The average molecular weight is 438 g/mol. The van der Waals surface area contributed by atoms with Gasteiger partial charge in [0.05, 0.1) is 23.0 Å². The number of piperazine rings is 1. The van der Waals surface area contributed by atoms with Crippen LogP contribution in [-0.4, -0.2) is 53.9 Å². The standard InChI is InChI=1S/C23H24ClN5O2/c1-2-31-21-10-6-5-9-20(21)25-23(30)29-15-13-28(14-16-29)22-12-11-19(26-27-22)17-7-3-4-8-18(17)24/h3-12H,2,13-16H2,1H3,(H,25,30). The third-order valence-corrected chi connectivity index (χ3v) is 5.45. The predicted octanol–water partition coefficient (Wildman–Crippen LogP) is 4.55. The molecule has 1 N–H and O–H groups in total. The third-order valence-electron chi connectivity index (χ3n) is 5.12. The second-order valence-corrected chi connectivity index (χ2v) is 7.50. The first-order chi connectivity index (χ1) is 15.2. The minimum Gasteiger partial charge on any atom is -0.492 e. The number of para-hydroxylation sites is 2. The van der Waals surface area contributed by atoms with Crippen molar-refractivity contribution < 1.29 is 9.53 Å². The molecule has 0 saturated carbocycles. The van der Waals surface area contributed by atoms with E-state index in [1.807, 2.05) is 67.6 Å². The first-order valence-electron chi connectivity index (χ1n) is 10.3. The van der Waals surface area contributed by atoms with E-state index in [0.717, 1.165) is 17.1 Å². The van der Waals surface area contributed by atoms with Crippen molar-refractivity contribution in [1.29, 1.82) is 0 Å². The first kappa shape index (κ1) is 20.9. The Morgan fingerprint density at radius 1 is 1.00 bits per heavy atom. The van der Waals surface area contributed by atoms with E-state index in [2.05, 4.69) is 20.4 Å². The van der Waals surface area contributed by atoms with Gasteiger partial charge in [-0.15, -0.1) is 10.2 Å². The van der Waals surface area contributed by atoms with E-state index < -0.39 is 0 Å². The molecular formula is C23H24ClN5O2. The van der Waals surface area contributed by atoms with E-state index in [1.165, 1.54) is 0 Å². The molecule has 0 bridgehead atoms. The molecule has 7 nitrogen and oxygen atoms in total. The zero-order chi connectivity index (χ0) is 21.6. The Labute approximate surface area is 186 Å². The molecule has 8 heteroatoms. The molecule has 0 spiro atoms. The number of ether oxygens (including phenoxy) is 1. The summed E-state index contributed by atoms with van der Waals surface area (Å²) in [6.07, 6.45) is 0. The Kier molecular flexibility index (Phi) is 6.52. The normalized spacial score (nSPS) is 13.7. The quantitative estimate of drug-likeness (QED) is 0.634. The van der Waals surface area contributed by atoms with Crippen molar-refractivity contribution in [1.82, 2.24) is 15.1 Å². The van der Waals surface area contributed by atoms with Gasteiger partial charge in [0.2, 0.25) is 0 Å². The van der Waals surface area contributed by atoms with Crippen molar-refractivity contribution in [2.45, 2.75) is 6.92 Å². The minimum absolute atomic E-state index is 0.132. The lowest BCUT2D eigenvalue weighted by Gasteiger charge is -2.35. The van der Waals surface area contributed by atoms with Crippen LogP contribution in [0.5, 0.6) is 5.75 Å². The molecular weight excluding hydrogens is 414 g/mol. The highest BCUT2D eigenvalue weighted by atomic mass is 35.5. The molecule has 1 fully saturated rings. The minimum atomic E-state index is -0.132. The average Bonchev–Trinajstić information content (AvgIpc) is 2.81. The summed E-state index contributed by atoms with van der Waals surface area (Å²) in [5, 5.41) is 12.3. The van der Waals surface area contributed by atoms with Gasteiger partial charge in [-0.05, 0) is 37.3 Å². The lowest BCUT2D eigenvalue weighted by Crippen LogP contribution is -2.50. The maximum atomic E-state index is 12.7. The maximum absolute atomic E-state index is 12.7. The van der Waals surface area contributed by atoms with Crippen molar-refractivity contribution in [3.63, 3.8) is 0 Å². The number of halogens is 1. The van der Waals surface area contributed by atoms with Gasteiger partial charge in [-0.25, -0.2) is 4.79 Å². The summed E-state index contributed by atoms with van der Waals surface area (Å²) in [6.45, 7) is 5.01. The topological polar surface area (TPSA) is 70.6 Å². The van der Waals surface area contributed by atoms with Crippen LogP contribution in [-0.2, 0) is 0 Å². The van der Waals surface area contributed by atoms with Gasteiger partial charge >= 0.3 is 6.03 Å². The SMILES string of the molecule is CCOc1ccccc1NC(=O)N1CCN(c2ccc(-c3ccccc3Cl)nn2)CC1. The summed E-state index contributed by atoms with van der Waals surface area (Å²) >= 11 is 6.25. The lowest BCUT2D eigenvalue weighted by molar-refractivity contribution is 0.208. The molecule has 2 aromatic carbocycles. The Bertz CT molecular complexity index is 1040.